The van der Waals surface area contributed by atoms with Gasteiger partial charge in [-0.05, 0) is 17.7 Å². The molecule has 0 nitrogen and oxygen atoms in total. The first-order valence-electron chi connectivity index (χ1n) is 2.71. The van der Waals surface area contributed by atoms with Crippen molar-refractivity contribution in [1.82, 2.24) is 0 Å². The van der Waals surface area contributed by atoms with Gasteiger partial charge in [0.15, 0.2) is 0 Å². The summed E-state index contributed by atoms with van der Waals surface area (Å²) < 4.78 is 1.10. The molecule has 0 N–H and O–H groups in total. The lowest BCUT2D eigenvalue weighted by atomic mass is 10.2. The Labute approximate surface area is 70.7 Å². The van der Waals surface area contributed by atoms with E-state index >= 15 is 0 Å². The Hall–Kier alpha value is -0.560. The SMILES string of the molecule is C.C=Cc1ccc(Br)cc1. The fourth-order valence-electron chi connectivity index (χ4n) is 0.599. The molecule has 1 aromatic carbocycles. The van der Waals surface area contributed by atoms with Gasteiger partial charge in [0.25, 0.3) is 0 Å². The van der Waals surface area contributed by atoms with E-state index in [-0.39, 0.29) is 7.43 Å². The van der Waals surface area contributed by atoms with E-state index in [1.165, 1.54) is 0 Å². The molecule has 0 saturated carbocycles. The van der Waals surface area contributed by atoms with Gasteiger partial charge in [0.1, 0.15) is 0 Å². The molecule has 0 fully saturated rings. The van der Waals surface area contributed by atoms with Gasteiger partial charge in [-0.15, -0.1) is 0 Å². The van der Waals surface area contributed by atoms with Crippen molar-refractivity contribution in [2.75, 3.05) is 0 Å². The third-order valence-corrected chi connectivity index (χ3v) is 1.63. The van der Waals surface area contributed by atoms with Gasteiger partial charge in [0, 0.05) is 4.47 Å². The fourth-order valence-corrected chi connectivity index (χ4v) is 0.863. The number of halogens is 1. The second kappa shape index (κ2) is 4.29. The zero-order valence-corrected chi connectivity index (χ0v) is 6.56. The summed E-state index contributed by atoms with van der Waals surface area (Å²) >= 11 is 3.34. The highest BCUT2D eigenvalue weighted by Crippen LogP contribution is 2.10. The summed E-state index contributed by atoms with van der Waals surface area (Å²) in [7, 11) is 0. The molecule has 1 heteroatoms. The highest BCUT2D eigenvalue weighted by molar-refractivity contribution is 9.10. The number of hydrogen-bond donors (Lipinski definition) is 0. The summed E-state index contributed by atoms with van der Waals surface area (Å²) in [6.07, 6.45) is 1.83. The molecule has 0 unspecified atom stereocenters. The van der Waals surface area contributed by atoms with Crippen LogP contribution in [-0.2, 0) is 0 Å². The van der Waals surface area contributed by atoms with Crippen LogP contribution in [0.5, 0.6) is 0 Å². The second-order valence-electron chi connectivity index (χ2n) is 1.76. The van der Waals surface area contributed by atoms with E-state index in [4.69, 9.17) is 0 Å². The van der Waals surface area contributed by atoms with Crippen LogP contribution in [0.3, 0.4) is 0 Å². The third kappa shape index (κ3) is 2.36. The molecule has 0 saturated heterocycles. The molecule has 1 aromatic rings. The molecule has 0 amide bonds. The summed E-state index contributed by atoms with van der Waals surface area (Å²) in [5.41, 5.74) is 1.15. The van der Waals surface area contributed by atoms with Gasteiger partial charge in [0.05, 0.1) is 0 Å². The lowest BCUT2D eigenvalue weighted by molar-refractivity contribution is 1.62. The van der Waals surface area contributed by atoms with Crippen molar-refractivity contribution in [3.8, 4) is 0 Å². The predicted octanol–water partition coefficient (Wildman–Crippen LogP) is 3.73. The van der Waals surface area contributed by atoms with Gasteiger partial charge in [-0.1, -0.05) is 48.1 Å². The molecular formula is C9H11Br. The van der Waals surface area contributed by atoms with Crippen LogP contribution in [0.25, 0.3) is 6.08 Å². The van der Waals surface area contributed by atoms with Gasteiger partial charge >= 0.3 is 0 Å². The summed E-state index contributed by atoms with van der Waals surface area (Å²) in [4.78, 5) is 0. The van der Waals surface area contributed by atoms with E-state index in [0.717, 1.165) is 10.0 Å². The Kier molecular flexibility index (Phi) is 4.05. The first-order chi connectivity index (χ1) is 4.33. The van der Waals surface area contributed by atoms with Gasteiger partial charge in [-0.3, -0.25) is 0 Å². The van der Waals surface area contributed by atoms with Crippen molar-refractivity contribution in [3.05, 3.63) is 40.9 Å². The smallest absolute Gasteiger partial charge is 0.0175 e. The molecule has 0 aliphatic carbocycles. The molecule has 0 heterocycles. The summed E-state index contributed by atoms with van der Waals surface area (Å²) in [5.74, 6) is 0. The maximum Gasteiger partial charge on any atom is 0.0175 e. The van der Waals surface area contributed by atoms with Crippen LogP contribution in [-0.4, -0.2) is 0 Å². The van der Waals surface area contributed by atoms with E-state index < -0.39 is 0 Å². The van der Waals surface area contributed by atoms with E-state index in [9.17, 15) is 0 Å². The molecule has 0 aliphatic rings. The summed E-state index contributed by atoms with van der Waals surface area (Å²) in [6, 6.07) is 8.02. The molecule has 0 bridgehead atoms. The van der Waals surface area contributed by atoms with Gasteiger partial charge < -0.3 is 0 Å². The highest BCUT2D eigenvalue weighted by Gasteiger charge is 1.83. The maximum absolute atomic E-state index is 3.65. The Morgan fingerprint density at radius 3 is 2.10 bits per heavy atom. The second-order valence-corrected chi connectivity index (χ2v) is 2.67. The van der Waals surface area contributed by atoms with Crippen molar-refractivity contribution in [2.24, 2.45) is 0 Å². The summed E-state index contributed by atoms with van der Waals surface area (Å²) in [5, 5.41) is 0. The van der Waals surface area contributed by atoms with Crippen molar-refractivity contribution >= 4 is 22.0 Å². The zero-order chi connectivity index (χ0) is 6.69. The lowest BCUT2D eigenvalue weighted by Gasteiger charge is -1.90. The van der Waals surface area contributed by atoms with Crippen molar-refractivity contribution in [3.63, 3.8) is 0 Å². The van der Waals surface area contributed by atoms with E-state index in [2.05, 4.69) is 22.5 Å². The van der Waals surface area contributed by atoms with Crippen molar-refractivity contribution in [1.29, 1.82) is 0 Å². The standard InChI is InChI=1S/C8H7Br.CH4/c1-2-7-3-5-8(9)6-4-7;/h2-6H,1H2;1H4. The van der Waals surface area contributed by atoms with Crippen LogP contribution >= 0.6 is 15.9 Å². The average molecular weight is 199 g/mol. The minimum atomic E-state index is 0. The minimum absolute atomic E-state index is 0. The van der Waals surface area contributed by atoms with Crippen molar-refractivity contribution in [2.45, 2.75) is 7.43 Å². The molecule has 0 aromatic heterocycles. The molecule has 0 atom stereocenters. The third-order valence-electron chi connectivity index (χ3n) is 1.11. The minimum Gasteiger partial charge on any atom is -0.0985 e. The number of hydrogen-bond acceptors (Lipinski definition) is 0. The van der Waals surface area contributed by atoms with Crippen molar-refractivity contribution < 1.29 is 0 Å². The number of rotatable bonds is 1. The molecule has 0 radical (unpaired) electrons. The maximum atomic E-state index is 3.65. The Balaban J connectivity index is 0.000000810. The normalized spacial score (nSPS) is 8.10. The largest absolute Gasteiger partial charge is 0.0985 e. The fraction of sp³-hybridized carbons (Fsp3) is 0.111. The molecule has 0 aliphatic heterocycles. The Bertz CT molecular complexity index is 198. The van der Waals surface area contributed by atoms with Gasteiger partial charge in [-0.2, -0.15) is 0 Å². The summed E-state index contributed by atoms with van der Waals surface area (Å²) in [6.45, 7) is 3.65. The quantitative estimate of drug-likeness (QED) is 0.646. The van der Waals surface area contributed by atoms with Gasteiger partial charge in [0.2, 0.25) is 0 Å². The van der Waals surface area contributed by atoms with Gasteiger partial charge in [-0.25, -0.2) is 0 Å². The van der Waals surface area contributed by atoms with Crippen LogP contribution in [0.2, 0.25) is 0 Å². The van der Waals surface area contributed by atoms with Crippen LogP contribution in [0.4, 0.5) is 0 Å². The zero-order valence-electron chi connectivity index (χ0n) is 4.97. The topological polar surface area (TPSA) is 0 Å². The monoisotopic (exact) mass is 198 g/mol. The average Bonchev–Trinajstić information content (AvgIpc) is 1.90. The van der Waals surface area contributed by atoms with Crippen LogP contribution in [0.15, 0.2) is 35.3 Å². The Morgan fingerprint density at radius 2 is 1.70 bits per heavy atom. The van der Waals surface area contributed by atoms with Crippen LogP contribution < -0.4 is 0 Å². The molecule has 1 rings (SSSR count). The van der Waals surface area contributed by atoms with E-state index in [1.54, 1.807) is 0 Å². The van der Waals surface area contributed by atoms with E-state index in [0.29, 0.717) is 0 Å². The lowest BCUT2D eigenvalue weighted by Crippen LogP contribution is -1.67. The van der Waals surface area contributed by atoms with Crippen LogP contribution in [0, 0.1) is 0 Å². The first kappa shape index (κ1) is 9.44. The highest BCUT2D eigenvalue weighted by atomic mass is 79.9. The predicted molar refractivity (Wildman–Crippen MR) is 51.0 cm³/mol. The first-order valence-corrected chi connectivity index (χ1v) is 3.50. The molecule has 0 spiro atoms. The molecule has 54 valence electrons. The van der Waals surface area contributed by atoms with E-state index in [1.807, 2.05) is 30.3 Å². The number of benzene rings is 1. The van der Waals surface area contributed by atoms with Crippen LogP contribution in [0.1, 0.15) is 13.0 Å². The molecular weight excluding hydrogens is 188 g/mol. The Morgan fingerprint density at radius 1 is 1.20 bits per heavy atom. The molecule has 10 heavy (non-hydrogen) atoms.